The molecule has 0 unspecified atom stereocenters. The normalized spacial score (nSPS) is 13.2. The number of rotatable bonds is 2. The van der Waals surface area contributed by atoms with Crippen molar-refractivity contribution in [3.05, 3.63) is 23.8 Å². The monoisotopic (exact) mass is 250 g/mol. The quantitative estimate of drug-likeness (QED) is 0.202. The minimum atomic E-state index is -0.239. The topological polar surface area (TPSA) is 131 Å². The molecule has 8 heteroatoms. The van der Waals surface area contributed by atoms with Gasteiger partial charge in [0.05, 0.1) is 0 Å². The molecule has 0 saturated heterocycles. The summed E-state index contributed by atoms with van der Waals surface area (Å²) in [5.41, 5.74) is 6.13. The van der Waals surface area contributed by atoms with Crippen LogP contribution in [0.3, 0.4) is 0 Å². The Morgan fingerprint density at radius 1 is 1.39 bits per heavy atom. The number of hydrogen-bond acceptors (Lipinski definition) is 5. The number of hydrazone groups is 1. The lowest BCUT2D eigenvalue weighted by atomic mass is 10.2. The van der Waals surface area contributed by atoms with Crippen LogP contribution in [0.1, 0.15) is 5.56 Å². The van der Waals surface area contributed by atoms with Crippen molar-refractivity contribution >= 4 is 11.9 Å². The maximum atomic E-state index is 7.07. The fourth-order valence-electron chi connectivity index (χ4n) is 1.49. The molecule has 1 aromatic carbocycles. The summed E-state index contributed by atoms with van der Waals surface area (Å²) in [6, 6.07) is 5.58. The molecule has 2 rings (SSSR count). The summed E-state index contributed by atoms with van der Waals surface area (Å²) in [5, 5.41) is 15.9. The zero-order valence-electron chi connectivity index (χ0n) is 9.56. The SMILES string of the molecule is N=C(N)NC(=NN)NCc1ccc2c(c1)OCO2. The van der Waals surface area contributed by atoms with Crippen LogP contribution in [-0.4, -0.2) is 18.7 Å². The predicted octanol–water partition coefficient (Wildman–Crippen LogP) is -0.782. The fraction of sp³-hybridized carbons (Fsp3) is 0.200. The Hall–Kier alpha value is -2.64. The van der Waals surface area contributed by atoms with Crippen molar-refractivity contribution < 1.29 is 9.47 Å². The van der Waals surface area contributed by atoms with E-state index in [0.29, 0.717) is 12.3 Å². The van der Waals surface area contributed by atoms with Gasteiger partial charge in [0.1, 0.15) is 0 Å². The number of nitrogens with zero attached hydrogens (tertiary/aromatic N) is 1. The first-order valence-electron chi connectivity index (χ1n) is 5.20. The average Bonchev–Trinajstić information content (AvgIpc) is 2.81. The van der Waals surface area contributed by atoms with Gasteiger partial charge in [0, 0.05) is 6.54 Å². The Morgan fingerprint density at radius 2 is 2.17 bits per heavy atom. The molecule has 0 radical (unpaired) electrons. The summed E-state index contributed by atoms with van der Waals surface area (Å²) >= 11 is 0. The standard InChI is InChI=1S/C10H14N6O2/c11-9(12)15-10(16-13)14-4-6-1-2-7-8(3-6)18-5-17-7/h1-3H,4-5,13H2,(H5,11,12,14,15,16). The molecule has 0 spiro atoms. The van der Waals surface area contributed by atoms with Gasteiger partial charge in [-0.15, -0.1) is 5.10 Å². The molecule has 1 aliphatic heterocycles. The first-order valence-corrected chi connectivity index (χ1v) is 5.20. The van der Waals surface area contributed by atoms with Crippen LogP contribution in [0.15, 0.2) is 23.3 Å². The smallest absolute Gasteiger partial charge is 0.231 e. The van der Waals surface area contributed by atoms with Crippen LogP contribution in [-0.2, 0) is 6.54 Å². The van der Waals surface area contributed by atoms with Crippen LogP contribution >= 0.6 is 0 Å². The van der Waals surface area contributed by atoms with Crippen molar-refractivity contribution in [2.24, 2.45) is 16.7 Å². The Kier molecular flexibility index (Phi) is 3.37. The maximum absolute atomic E-state index is 7.07. The first-order chi connectivity index (χ1) is 8.69. The van der Waals surface area contributed by atoms with Crippen LogP contribution in [0, 0.1) is 5.41 Å². The van der Waals surface area contributed by atoms with Gasteiger partial charge in [-0.3, -0.25) is 10.7 Å². The van der Waals surface area contributed by atoms with E-state index in [9.17, 15) is 0 Å². The summed E-state index contributed by atoms with van der Waals surface area (Å²) in [6.07, 6.45) is 0. The molecule has 0 saturated carbocycles. The van der Waals surface area contributed by atoms with Crippen LogP contribution in [0.5, 0.6) is 11.5 Å². The van der Waals surface area contributed by atoms with E-state index in [-0.39, 0.29) is 18.7 Å². The van der Waals surface area contributed by atoms with Gasteiger partial charge in [0.2, 0.25) is 12.8 Å². The minimum Gasteiger partial charge on any atom is -0.454 e. The van der Waals surface area contributed by atoms with Crippen LogP contribution in [0.4, 0.5) is 0 Å². The van der Waals surface area contributed by atoms with Crippen LogP contribution in [0.25, 0.3) is 0 Å². The molecule has 0 amide bonds. The van der Waals surface area contributed by atoms with E-state index in [1.165, 1.54) is 0 Å². The van der Waals surface area contributed by atoms with Gasteiger partial charge >= 0.3 is 0 Å². The Labute approximate surface area is 103 Å². The largest absolute Gasteiger partial charge is 0.454 e. The average molecular weight is 250 g/mol. The van der Waals surface area contributed by atoms with Crippen molar-refractivity contribution in [1.82, 2.24) is 10.6 Å². The molecule has 8 nitrogen and oxygen atoms in total. The number of hydrogen-bond donors (Lipinski definition) is 5. The van der Waals surface area contributed by atoms with Gasteiger partial charge in [0.25, 0.3) is 0 Å². The highest BCUT2D eigenvalue weighted by Gasteiger charge is 2.13. The Balaban J connectivity index is 1.95. The molecule has 0 atom stereocenters. The molecule has 96 valence electrons. The van der Waals surface area contributed by atoms with E-state index in [1.807, 2.05) is 18.2 Å². The zero-order chi connectivity index (χ0) is 13.0. The van der Waals surface area contributed by atoms with Crippen molar-refractivity contribution in [3.63, 3.8) is 0 Å². The van der Waals surface area contributed by atoms with Gasteiger partial charge in [-0.1, -0.05) is 6.07 Å². The molecule has 0 aliphatic carbocycles. The van der Waals surface area contributed by atoms with Gasteiger partial charge < -0.3 is 26.4 Å². The number of guanidine groups is 2. The molecule has 1 heterocycles. The molecule has 7 N–H and O–H groups in total. The van der Waals surface area contributed by atoms with E-state index in [4.69, 9.17) is 26.5 Å². The molecule has 18 heavy (non-hydrogen) atoms. The lowest BCUT2D eigenvalue weighted by molar-refractivity contribution is 0.174. The van der Waals surface area contributed by atoms with E-state index in [1.54, 1.807) is 0 Å². The summed E-state index contributed by atoms with van der Waals surface area (Å²) in [5.74, 6) is 6.56. The van der Waals surface area contributed by atoms with E-state index in [2.05, 4.69) is 15.7 Å². The number of nitrogens with two attached hydrogens (primary N) is 2. The van der Waals surface area contributed by atoms with E-state index in [0.717, 1.165) is 11.3 Å². The zero-order valence-corrected chi connectivity index (χ0v) is 9.56. The highest BCUT2D eigenvalue weighted by molar-refractivity contribution is 5.96. The molecular formula is C10H14N6O2. The highest BCUT2D eigenvalue weighted by Crippen LogP contribution is 2.32. The highest BCUT2D eigenvalue weighted by atomic mass is 16.7. The van der Waals surface area contributed by atoms with Crippen molar-refractivity contribution in [2.75, 3.05) is 6.79 Å². The number of nitrogens with one attached hydrogen (secondary N) is 3. The minimum absolute atomic E-state index is 0.222. The summed E-state index contributed by atoms with van der Waals surface area (Å²) in [4.78, 5) is 0. The van der Waals surface area contributed by atoms with Crippen LogP contribution in [0.2, 0.25) is 0 Å². The Morgan fingerprint density at radius 3 is 2.89 bits per heavy atom. The van der Waals surface area contributed by atoms with Gasteiger partial charge in [-0.2, -0.15) is 0 Å². The van der Waals surface area contributed by atoms with Gasteiger partial charge in [0.15, 0.2) is 17.5 Å². The molecule has 0 fully saturated rings. The summed E-state index contributed by atoms with van der Waals surface area (Å²) in [7, 11) is 0. The number of fused-ring (bicyclic) bond motifs is 1. The second kappa shape index (κ2) is 5.13. The lowest BCUT2D eigenvalue weighted by Gasteiger charge is -2.10. The number of benzene rings is 1. The van der Waals surface area contributed by atoms with Gasteiger partial charge in [-0.05, 0) is 17.7 Å². The molecule has 0 bridgehead atoms. The summed E-state index contributed by atoms with van der Waals surface area (Å²) in [6.45, 7) is 0.709. The van der Waals surface area contributed by atoms with Crippen LogP contribution < -0.4 is 31.7 Å². The van der Waals surface area contributed by atoms with Gasteiger partial charge in [-0.25, -0.2) is 0 Å². The fourth-order valence-corrected chi connectivity index (χ4v) is 1.49. The van der Waals surface area contributed by atoms with E-state index >= 15 is 0 Å². The molecule has 1 aromatic rings. The molecule has 1 aliphatic rings. The first kappa shape index (κ1) is 11.8. The molecule has 0 aromatic heterocycles. The maximum Gasteiger partial charge on any atom is 0.231 e. The second-order valence-corrected chi connectivity index (χ2v) is 3.56. The third kappa shape index (κ3) is 2.73. The van der Waals surface area contributed by atoms with Crippen molar-refractivity contribution in [3.8, 4) is 11.5 Å². The second-order valence-electron chi connectivity index (χ2n) is 3.56. The third-order valence-corrected chi connectivity index (χ3v) is 2.28. The van der Waals surface area contributed by atoms with Crippen molar-refractivity contribution in [2.45, 2.75) is 6.54 Å². The van der Waals surface area contributed by atoms with E-state index < -0.39 is 0 Å². The number of ether oxygens (including phenoxy) is 2. The predicted molar refractivity (Wildman–Crippen MR) is 66.1 cm³/mol. The third-order valence-electron chi connectivity index (χ3n) is 2.28. The van der Waals surface area contributed by atoms with Crippen molar-refractivity contribution in [1.29, 1.82) is 5.41 Å². The summed E-state index contributed by atoms with van der Waals surface area (Å²) < 4.78 is 10.5. The molecular weight excluding hydrogens is 236 g/mol. The lowest BCUT2D eigenvalue weighted by Crippen LogP contribution is -2.44. The Bertz CT molecular complexity index is 487.